The van der Waals surface area contributed by atoms with Gasteiger partial charge in [-0.1, -0.05) is 41.0 Å². The second-order valence-electron chi connectivity index (χ2n) is 5.48. The van der Waals surface area contributed by atoms with Crippen LogP contribution >= 0.6 is 35.0 Å². The third-order valence-electron chi connectivity index (χ3n) is 3.57. The molecule has 0 unspecified atom stereocenters. The number of benzene rings is 2. The van der Waals surface area contributed by atoms with Crippen LogP contribution in [-0.2, 0) is 4.79 Å². The van der Waals surface area contributed by atoms with Crippen LogP contribution in [0, 0.1) is 6.92 Å². The molecule has 3 aromatic rings. The highest BCUT2D eigenvalue weighted by molar-refractivity contribution is 7.99. The summed E-state index contributed by atoms with van der Waals surface area (Å²) >= 11 is 13.0. The van der Waals surface area contributed by atoms with Crippen LogP contribution in [0.2, 0.25) is 10.0 Å². The van der Waals surface area contributed by atoms with Gasteiger partial charge in [0.05, 0.1) is 5.75 Å². The van der Waals surface area contributed by atoms with E-state index in [2.05, 4.69) is 15.5 Å². The van der Waals surface area contributed by atoms with Gasteiger partial charge in [-0.25, -0.2) is 4.68 Å². The summed E-state index contributed by atoms with van der Waals surface area (Å²) in [7, 11) is 0. The van der Waals surface area contributed by atoms with Crippen LogP contribution in [0.4, 0.5) is 5.69 Å². The minimum absolute atomic E-state index is 0.141. The molecule has 0 radical (unpaired) electrons. The standard InChI is InChI=1S/C17H15Cl2N5OS/c1-10-2-5-13(19)8-14(10)21-15(25)9-26-17-23-22-16(24(17)20)11-3-6-12(18)7-4-11/h2-8H,9,20H2,1H3,(H,21,25). The first-order valence-corrected chi connectivity index (χ1v) is 9.33. The van der Waals surface area contributed by atoms with Gasteiger partial charge < -0.3 is 11.2 Å². The van der Waals surface area contributed by atoms with Crippen LogP contribution in [0.15, 0.2) is 47.6 Å². The lowest BCUT2D eigenvalue weighted by Crippen LogP contribution is -2.17. The van der Waals surface area contributed by atoms with E-state index in [-0.39, 0.29) is 11.7 Å². The zero-order chi connectivity index (χ0) is 18.7. The molecule has 0 aliphatic carbocycles. The number of nitrogens with one attached hydrogen (secondary N) is 1. The highest BCUT2D eigenvalue weighted by Crippen LogP contribution is 2.24. The molecule has 0 saturated heterocycles. The van der Waals surface area contributed by atoms with E-state index >= 15 is 0 Å². The summed E-state index contributed by atoms with van der Waals surface area (Å²) in [5.74, 6) is 6.50. The molecule has 134 valence electrons. The summed E-state index contributed by atoms with van der Waals surface area (Å²) in [4.78, 5) is 12.2. The minimum Gasteiger partial charge on any atom is -0.335 e. The fourth-order valence-corrected chi connectivity index (χ4v) is 3.17. The third kappa shape index (κ3) is 4.30. The monoisotopic (exact) mass is 407 g/mol. The van der Waals surface area contributed by atoms with Gasteiger partial charge in [0.15, 0.2) is 5.82 Å². The Hall–Kier alpha value is -2.22. The zero-order valence-corrected chi connectivity index (χ0v) is 16.1. The van der Waals surface area contributed by atoms with Gasteiger partial charge in [-0.15, -0.1) is 10.2 Å². The Labute approximate surface area is 164 Å². The van der Waals surface area contributed by atoms with Gasteiger partial charge in [0, 0.05) is 21.3 Å². The average Bonchev–Trinajstić information content (AvgIpc) is 2.98. The number of hydrogen-bond donors (Lipinski definition) is 2. The van der Waals surface area contributed by atoms with Crippen LogP contribution in [0.3, 0.4) is 0 Å². The molecule has 0 atom stereocenters. The molecule has 9 heteroatoms. The van der Waals surface area contributed by atoms with E-state index in [4.69, 9.17) is 29.0 Å². The van der Waals surface area contributed by atoms with Gasteiger partial charge in [-0.2, -0.15) is 0 Å². The summed E-state index contributed by atoms with van der Waals surface area (Å²) in [6.07, 6.45) is 0. The lowest BCUT2D eigenvalue weighted by molar-refractivity contribution is -0.113. The van der Waals surface area contributed by atoms with E-state index in [1.54, 1.807) is 36.4 Å². The van der Waals surface area contributed by atoms with Crippen molar-refractivity contribution in [1.29, 1.82) is 0 Å². The Balaban J connectivity index is 1.65. The zero-order valence-electron chi connectivity index (χ0n) is 13.7. The summed E-state index contributed by atoms with van der Waals surface area (Å²) in [6.45, 7) is 1.90. The quantitative estimate of drug-likeness (QED) is 0.492. The number of anilines is 1. The molecule has 0 aliphatic heterocycles. The molecule has 0 spiro atoms. The van der Waals surface area contributed by atoms with Gasteiger partial charge in [0.2, 0.25) is 11.1 Å². The second kappa shape index (κ2) is 7.99. The fraction of sp³-hybridized carbons (Fsp3) is 0.118. The number of nitrogen functional groups attached to an aromatic ring is 1. The smallest absolute Gasteiger partial charge is 0.234 e. The number of aromatic nitrogens is 3. The molecular formula is C17H15Cl2N5OS. The maximum Gasteiger partial charge on any atom is 0.234 e. The molecule has 0 fully saturated rings. The maximum atomic E-state index is 12.2. The first-order valence-electron chi connectivity index (χ1n) is 7.59. The molecular weight excluding hydrogens is 393 g/mol. The molecule has 3 N–H and O–H groups in total. The number of nitrogens with zero attached hydrogens (tertiary/aromatic N) is 3. The van der Waals surface area contributed by atoms with Crippen LogP contribution in [-0.4, -0.2) is 26.5 Å². The lowest BCUT2D eigenvalue weighted by Gasteiger charge is -2.08. The molecule has 26 heavy (non-hydrogen) atoms. The van der Waals surface area contributed by atoms with Crippen LogP contribution in [0.5, 0.6) is 0 Å². The number of hydrogen-bond acceptors (Lipinski definition) is 5. The van der Waals surface area contributed by atoms with Crippen molar-refractivity contribution in [2.45, 2.75) is 12.1 Å². The van der Waals surface area contributed by atoms with Gasteiger partial charge >= 0.3 is 0 Å². The van der Waals surface area contributed by atoms with Gasteiger partial charge in [-0.3, -0.25) is 4.79 Å². The summed E-state index contributed by atoms with van der Waals surface area (Å²) in [5, 5.41) is 12.6. The highest BCUT2D eigenvalue weighted by Gasteiger charge is 2.14. The van der Waals surface area contributed by atoms with Crippen molar-refractivity contribution >= 4 is 46.6 Å². The molecule has 2 aromatic carbocycles. The lowest BCUT2D eigenvalue weighted by atomic mass is 10.2. The van der Waals surface area contributed by atoms with Crippen LogP contribution in [0.25, 0.3) is 11.4 Å². The first kappa shape index (κ1) is 18.6. The van der Waals surface area contributed by atoms with Crippen molar-refractivity contribution < 1.29 is 4.79 Å². The predicted octanol–water partition coefficient (Wildman–Crippen LogP) is 4.00. The molecule has 0 saturated carbocycles. The normalized spacial score (nSPS) is 10.7. The Morgan fingerprint density at radius 1 is 1.15 bits per heavy atom. The van der Waals surface area contributed by atoms with Gasteiger partial charge in [0.1, 0.15) is 0 Å². The van der Waals surface area contributed by atoms with Gasteiger partial charge in [0.25, 0.3) is 0 Å². The van der Waals surface area contributed by atoms with Crippen molar-refractivity contribution in [3.63, 3.8) is 0 Å². The number of aryl methyl sites for hydroxylation is 1. The SMILES string of the molecule is Cc1ccc(Cl)cc1NC(=O)CSc1nnc(-c2ccc(Cl)cc2)n1N. The number of rotatable bonds is 5. The number of carbonyl (C=O) groups excluding carboxylic acids is 1. The van der Waals surface area contributed by atoms with Crippen molar-refractivity contribution in [2.75, 3.05) is 16.9 Å². The van der Waals surface area contributed by atoms with Crippen molar-refractivity contribution in [2.24, 2.45) is 0 Å². The number of halogens is 2. The number of thioether (sulfide) groups is 1. The van der Waals surface area contributed by atoms with E-state index in [0.29, 0.717) is 26.7 Å². The number of nitrogens with two attached hydrogens (primary N) is 1. The van der Waals surface area contributed by atoms with Crippen molar-refractivity contribution in [3.8, 4) is 11.4 Å². The van der Waals surface area contributed by atoms with E-state index < -0.39 is 0 Å². The van der Waals surface area contributed by atoms with E-state index in [0.717, 1.165) is 11.1 Å². The molecule has 1 aromatic heterocycles. The third-order valence-corrected chi connectivity index (χ3v) is 5.00. The Morgan fingerprint density at radius 3 is 2.58 bits per heavy atom. The topological polar surface area (TPSA) is 85.8 Å². The van der Waals surface area contributed by atoms with E-state index in [1.165, 1.54) is 16.4 Å². The first-order chi connectivity index (χ1) is 12.4. The molecule has 1 amide bonds. The Kier molecular flexibility index (Phi) is 5.70. The second-order valence-corrected chi connectivity index (χ2v) is 7.29. The van der Waals surface area contributed by atoms with Crippen LogP contribution in [0.1, 0.15) is 5.56 Å². The molecule has 6 nitrogen and oxygen atoms in total. The highest BCUT2D eigenvalue weighted by atomic mass is 35.5. The van der Waals surface area contributed by atoms with E-state index in [9.17, 15) is 4.79 Å². The predicted molar refractivity (Wildman–Crippen MR) is 106 cm³/mol. The van der Waals surface area contributed by atoms with Crippen LogP contribution < -0.4 is 11.2 Å². The minimum atomic E-state index is -0.184. The average molecular weight is 408 g/mol. The summed E-state index contributed by atoms with van der Waals surface area (Å²) in [5.41, 5.74) is 2.40. The van der Waals surface area contributed by atoms with E-state index in [1.807, 2.05) is 13.0 Å². The van der Waals surface area contributed by atoms with Gasteiger partial charge in [-0.05, 0) is 48.9 Å². The molecule has 3 rings (SSSR count). The largest absolute Gasteiger partial charge is 0.335 e. The number of carbonyl (C=O) groups is 1. The molecule has 0 bridgehead atoms. The summed E-state index contributed by atoms with van der Waals surface area (Å²) < 4.78 is 1.35. The molecule has 1 heterocycles. The Morgan fingerprint density at radius 2 is 1.85 bits per heavy atom. The molecule has 0 aliphatic rings. The Bertz CT molecular complexity index is 943. The van der Waals surface area contributed by atoms with Crippen molar-refractivity contribution in [1.82, 2.24) is 14.9 Å². The summed E-state index contributed by atoms with van der Waals surface area (Å²) in [6, 6.07) is 12.4. The maximum absolute atomic E-state index is 12.2. The van der Waals surface area contributed by atoms with Crippen molar-refractivity contribution in [3.05, 3.63) is 58.1 Å². The fourth-order valence-electron chi connectivity index (χ4n) is 2.22. The number of amides is 1.